The predicted octanol–water partition coefficient (Wildman–Crippen LogP) is 1.11. The Labute approximate surface area is 105 Å². The van der Waals surface area contributed by atoms with Gasteiger partial charge in [-0.1, -0.05) is 26.2 Å². The Morgan fingerprint density at radius 1 is 1.24 bits per heavy atom. The van der Waals surface area contributed by atoms with Crippen molar-refractivity contribution in [2.75, 3.05) is 26.2 Å². The summed E-state index contributed by atoms with van der Waals surface area (Å²) in [5.41, 5.74) is 5.37. The second-order valence-electron chi connectivity index (χ2n) is 4.91. The van der Waals surface area contributed by atoms with E-state index >= 15 is 0 Å². The molecule has 0 aliphatic carbocycles. The second kappa shape index (κ2) is 8.48. The molecule has 0 aromatic heterocycles. The molecule has 4 heteroatoms. The van der Waals surface area contributed by atoms with E-state index in [9.17, 15) is 4.79 Å². The quantitative estimate of drug-likeness (QED) is 0.732. The van der Waals surface area contributed by atoms with E-state index in [-0.39, 0.29) is 11.9 Å². The standard InChI is InChI=1S/C13H27N3O/c1-2-15-12(13(14)17)8-11-16-9-6-4-3-5-7-10-16/h12,15H,2-11H2,1H3,(H2,14,17). The highest BCUT2D eigenvalue weighted by Crippen LogP contribution is 2.11. The first kappa shape index (κ1) is 14.5. The molecule has 0 bridgehead atoms. The molecule has 4 nitrogen and oxygen atoms in total. The summed E-state index contributed by atoms with van der Waals surface area (Å²) in [5, 5.41) is 3.15. The number of carbonyl (C=O) groups is 1. The lowest BCUT2D eigenvalue weighted by molar-refractivity contribution is -0.120. The summed E-state index contributed by atoms with van der Waals surface area (Å²) in [4.78, 5) is 13.7. The van der Waals surface area contributed by atoms with Crippen molar-refractivity contribution in [3.05, 3.63) is 0 Å². The molecule has 1 heterocycles. The summed E-state index contributed by atoms with van der Waals surface area (Å²) in [6.07, 6.45) is 7.51. The number of nitrogens with two attached hydrogens (primary N) is 1. The highest BCUT2D eigenvalue weighted by atomic mass is 16.1. The largest absolute Gasteiger partial charge is 0.368 e. The van der Waals surface area contributed by atoms with Gasteiger partial charge < -0.3 is 16.0 Å². The fraction of sp³-hybridized carbons (Fsp3) is 0.923. The maximum absolute atomic E-state index is 11.2. The lowest BCUT2D eigenvalue weighted by Gasteiger charge is -2.26. The van der Waals surface area contributed by atoms with Crippen LogP contribution in [0.15, 0.2) is 0 Å². The van der Waals surface area contributed by atoms with Crippen LogP contribution in [0.25, 0.3) is 0 Å². The maximum atomic E-state index is 11.2. The van der Waals surface area contributed by atoms with E-state index < -0.39 is 0 Å². The number of hydrogen-bond acceptors (Lipinski definition) is 3. The predicted molar refractivity (Wildman–Crippen MR) is 70.8 cm³/mol. The number of amides is 1. The number of likely N-dealkylation sites (N-methyl/N-ethyl adjacent to an activating group) is 1. The van der Waals surface area contributed by atoms with Gasteiger partial charge in [0, 0.05) is 6.54 Å². The van der Waals surface area contributed by atoms with Gasteiger partial charge in [-0.3, -0.25) is 4.79 Å². The first-order chi connectivity index (χ1) is 8.24. The highest BCUT2D eigenvalue weighted by molar-refractivity contribution is 5.79. The van der Waals surface area contributed by atoms with Crippen molar-refractivity contribution in [3.8, 4) is 0 Å². The van der Waals surface area contributed by atoms with Crippen LogP contribution < -0.4 is 11.1 Å². The van der Waals surface area contributed by atoms with Crippen LogP contribution >= 0.6 is 0 Å². The summed E-state index contributed by atoms with van der Waals surface area (Å²) in [7, 11) is 0. The van der Waals surface area contributed by atoms with Gasteiger partial charge >= 0.3 is 0 Å². The zero-order chi connectivity index (χ0) is 12.5. The number of primary amides is 1. The van der Waals surface area contributed by atoms with Crippen molar-refractivity contribution >= 4 is 5.91 Å². The highest BCUT2D eigenvalue weighted by Gasteiger charge is 2.15. The third kappa shape index (κ3) is 6.03. The lowest BCUT2D eigenvalue weighted by atomic mass is 10.1. The Balaban J connectivity index is 2.27. The lowest BCUT2D eigenvalue weighted by Crippen LogP contribution is -2.43. The second-order valence-corrected chi connectivity index (χ2v) is 4.91. The minimum absolute atomic E-state index is 0.162. The molecule has 0 spiro atoms. The number of nitrogens with zero attached hydrogens (tertiary/aromatic N) is 1. The number of hydrogen-bond donors (Lipinski definition) is 2. The van der Waals surface area contributed by atoms with Gasteiger partial charge in [-0.25, -0.2) is 0 Å². The molecule has 1 saturated heterocycles. The zero-order valence-corrected chi connectivity index (χ0v) is 11.1. The van der Waals surface area contributed by atoms with Crippen LogP contribution in [0.5, 0.6) is 0 Å². The molecule has 1 unspecified atom stereocenters. The van der Waals surface area contributed by atoms with Gasteiger partial charge in [0.2, 0.25) is 5.91 Å². The molecule has 0 aromatic rings. The van der Waals surface area contributed by atoms with Crippen LogP contribution in [-0.4, -0.2) is 43.0 Å². The molecule has 3 N–H and O–H groups in total. The van der Waals surface area contributed by atoms with Gasteiger partial charge in [-0.15, -0.1) is 0 Å². The molecule has 1 aliphatic rings. The number of nitrogens with one attached hydrogen (secondary N) is 1. The van der Waals surface area contributed by atoms with Gasteiger partial charge in [0.15, 0.2) is 0 Å². The van der Waals surface area contributed by atoms with Crippen molar-refractivity contribution in [3.63, 3.8) is 0 Å². The molecule has 0 radical (unpaired) electrons. The molecule has 100 valence electrons. The van der Waals surface area contributed by atoms with E-state index in [1.807, 2.05) is 6.92 Å². The van der Waals surface area contributed by atoms with Crippen LogP contribution in [0.3, 0.4) is 0 Å². The Kier molecular flexibility index (Phi) is 7.21. The van der Waals surface area contributed by atoms with E-state index in [1.165, 1.54) is 45.2 Å². The molecule has 0 aromatic carbocycles. The average Bonchev–Trinajstić information content (AvgIpc) is 2.25. The van der Waals surface area contributed by atoms with E-state index in [1.54, 1.807) is 0 Å². The monoisotopic (exact) mass is 241 g/mol. The third-order valence-electron chi connectivity index (χ3n) is 3.48. The Morgan fingerprint density at radius 2 is 1.82 bits per heavy atom. The molecular weight excluding hydrogens is 214 g/mol. The fourth-order valence-electron chi connectivity index (χ4n) is 2.44. The smallest absolute Gasteiger partial charge is 0.234 e. The van der Waals surface area contributed by atoms with Crippen LogP contribution in [0.4, 0.5) is 0 Å². The Bertz CT molecular complexity index is 213. The van der Waals surface area contributed by atoms with E-state index in [4.69, 9.17) is 5.73 Å². The third-order valence-corrected chi connectivity index (χ3v) is 3.48. The summed E-state index contributed by atoms with van der Waals surface area (Å²) in [5.74, 6) is -0.223. The molecule has 1 amide bonds. The zero-order valence-electron chi connectivity index (χ0n) is 11.1. The molecule has 1 fully saturated rings. The van der Waals surface area contributed by atoms with Gasteiger partial charge in [0.1, 0.15) is 0 Å². The first-order valence-electron chi connectivity index (χ1n) is 6.99. The number of likely N-dealkylation sites (tertiary alicyclic amines) is 1. The van der Waals surface area contributed by atoms with Crippen molar-refractivity contribution in [2.24, 2.45) is 5.73 Å². The van der Waals surface area contributed by atoms with Gasteiger partial charge in [0.25, 0.3) is 0 Å². The minimum Gasteiger partial charge on any atom is -0.368 e. The van der Waals surface area contributed by atoms with Crippen molar-refractivity contribution in [1.29, 1.82) is 0 Å². The number of carbonyl (C=O) groups excluding carboxylic acids is 1. The topological polar surface area (TPSA) is 58.4 Å². The summed E-state index contributed by atoms with van der Waals surface area (Å²) in [6.45, 7) is 6.15. The minimum atomic E-state index is -0.223. The molecule has 17 heavy (non-hydrogen) atoms. The SMILES string of the molecule is CCNC(CCN1CCCCCCC1)C(N)=O. The molecule has 1 rings (SSSR count). The Morgan fingerprint density at radius 3 is 2.35 bits per heavy atom. The first-order valence-corrected chi connectivity index (χ1v) is 6.99. The van der Waals surface area contributed by atoms with Crippen LogP contribution in [0.2, 0.25) is 0 Å². The van der Waals surface area contributed by atoms with Gasteiger partial charge in [0.05, 0.1) is 6.04 Å². The van der Waals surface area contributed by atoms with Gasteiger partial charge in [-0.2, -0.15) is 0 Å². The Hall–Kier alpha value is -0.610. The van der Waals surface area contributed by atoms with Crippen molar-refractivity contribution in [1.82, 2.24) is 10.2 Å². The van der Waals surface area contributed by atoms with E-state index in [0.29, 0.717) is 0 Å². The van der Waals surface area contributed by atoms with Crippen LogP contribution in [-0.2, 0) is 4.79 Å². The normalized spacial score (nSPS) is 20.5. The molecular formula is C13H27N3O. The maximum Gasteiger partial charge on any atom is 0.234 e. The number of rotatable bonds is 6. The van der Waals surface area contributed by atoms with Gasteiger partial charge in [-0.05, 0) is 38.9 Å². The molecule has 0 saturated carbocycles. The molecule has 1 atom stereocenters. The summed E-state index contributed by atoms with van der Waals surface area (Å²) >= 11 is 0. The summed E-state index contributed by atoms with van der Waals surface area (Å²) < 4.78 is 0. The summed E-state index contributed by atoms with van der Waals surface area (Å²) in [6, 6.07) is -0.162. The van der Waals surface area contributed by atoms with Crippen molar-refractivity contribution < 1.29 is 4.79 Å². The van der Waals surface area contributed by atoms with E-state index in [2.05, 4.69) is 10.2 Å². The van der Waals surface area contributed by atoms with Crippen LogP contribution in [0, 0.1) is 0 Å². The molecule has 1 aliphatic heterocycles. The van der Waals surface area contributed by atoms with Crippen molar-refractivity contribution in [2.45, 2.75) is 51.5 Å². The van der Waals surface area contributed by atoms with Crippen LogP contribution in [0.1, 0.15) is 45.4 Å². The average molecular weight is 241 g/mol. The fourth-order valence-corrected chi connectivity index (χ4v) is 2.44. The van der Waals surface area contributed by atoms with E-state index in [0.717, 1.165) is 19.5 Å².